The maximum Gasteiger partial charge on any atom is 0.231 e. The average molecular weight is 457 g/mol. The molecule has 0 saturated heterocycles. The highest BCUT2D eigenvalue weighted by atomic mass is 16.7. The summed E-state index contributed by atoms with van der Waals surface area (Å²) in [5.41, 5.74) is 3.74. The molecular weight excluding hydrogens is 424 g/mol. The number of ether oxygens (including phenoxy) is 6. The van der Waals surface area contributed by atoms with Gasteiger partial charge in [-0.05, 0) is 54.5 Å². The molecule has 3 unspecified atom stereocenters. The molecule has 4 rings (SSSR count). The molecule has 33 heavy (non-hydrogen) atoms. The molecule has 7 heteroatoms. The standard InChI is InChI=1S/C26H32O7/c1-13-8-16-10-20-24(33-12-32-20)25(30-6)21(16)22-18(17(15(13)3)9-14(2)27)11-19(28-4)23(29-5)26(22)31-7/h9-11,13,15,17,27H,8,12H2,1-7H3/b14-9-. The summed E-state index contributed by atoms with van der Waals surface area (Å²) in [5.74, 6) is 4.10. The van der Waals surface area contributed by atoms with Crippen molar-refractivity contribution >= 4 is 0 Å². The summed E-state index contributed by atoms with van der Waals surface area (Å²) in [5, 5.41) is 10.3. The monoisotopic (exact) mass is 456 g/mol. The van der Waals surface area contributed by atoms with E-state index in [0.29, 0.717) is 40.4 Å². The van der Waals surface area contributed by atoms with Crippen molar-refractivity contribution < 1.29 is 33.5 Å². The number of hydrogen-bond acceptors (Lipinski definition) is 7. The quantitative estimate of drug-likeness (QED) is 0.596. The van der Waals surface area contributed by atoms with Crippen molar-refractivity contribution in [3.05, 3.63) is 35.1 Å². The van der Waals surface area contributed by atoms with Crippen LogP contribution in [0.3, 0.4) is 0 Å². The van der Waals surface area contributed by atoms with Gasteiger partial charge < -0.3 is 33.5 Å². The molecule has 1 aliphatic carbocycles. The summed E-state index contributed by atoms with van der Waals surface area (Å²) in [6.45, 7) is 6.27. The number of aliphatic hydroxyl groups excluding tert-OH is 1. The van der Waals surface area contributed by atoms with Crippen LogP contribution in [0, 0.1) is 11.8 Å². The first-order valence-electron chi connectivity index (χ1n) is 11.1. The Morgan fingerprint density at radius 1 is 0.939 bits per heavy atom. The largest absolute Gasteiger partial charge is 0.513 e. The zero-order valence-corrected chi connectivity index (χ0v) is 20.3. The predicted molar refractivity (Wildman–Crippen MR) is 125 cm³/mol. The van der Waals surface area contributed by atoms with E-state index >= 15 is 0 Å². The molecule has 1 aliphatic heterocycles. The van der Waals surface area contributed by atoms with E-state index < -0.39 is 0 Å². The Bertz CT molecular complexity index is 1090. The van der Waals surface area contributed by atoms with Gasteiger partial charge in [0.05, 0.1) is 34.2 Å². The summed E-state index contributed by atoms with van der Waals surface area (Å²) in [7, 11) is 6.44. The van der Waals surface area contributed by atoms with Gasteiger partial charge in [-0.1, -0.05) is 13.8 Å². The first kappa shape index (κ1) is 23.0. The molecule has 0 bridgehead atoms. The number of hydrogen-bond donors (Lipinski definition) is 1. The minimum Gasteiger partial charge on any atom is -0.513 e. The number of allylic oxidation sites excluding steroid dienone is 2. The van der Waals surface area contributed by atoms with E-state index in [2.05, 4.69) is 13.8 Å². The maximum atomic E-state index is 10.3. The highest BCUT2D eigenvalue weighted by Crippen LogP contribution is 2.58. The highest BCUT2D eigenvalue weighted by Gasteiger charge is 2.37. The lowest BCUT2D eigenvalue weighted by atomic mass is 9.71. The van der Waals surface area contributed by atoms with Gasteiger partial charge in [0.2, 0.25) is 18.3 Å². The van der Waals surface area contributed by atoms with Gasteiger partial charge in [0.15, 0.2) is 23.0 Å². The van der Waals surface area contributed by atoms with Crippen LogP contribution >= 0.6 is 0 Å². The highest BCUT2D eigenvalue weighted by molar-refractivity contribution is 5.89. The van der Waals surface area contributed by atoms with Crippen molar-refractivity contribution in [1.29, 1.82) is 0 Å². The van der Waals surface area contributed by atoms with Crippen LogP contribution in [0.4, 0.5) is 0 Å². The fraction of sp³-hybridized carbons (Fsp3) is 0.462. The van der Waals surface area contributed by atoms with Crippen molar-refractivity contribution in [2.75, 3.05) is 35.2 Å². The van der Waals surface area contributed by atoms with Crippen LogP contribution in [-0.4, -0.2) is 40.3 Å². The zero-order chi connectivity index (χ0) is 23.9. The van der Waals surface area contributed by atoms with Crippen molar-refractivity contribution in [3.8, 4) is 45.6 Å². The molecule has 7 nitrogen and oxygen atoms in total. The number of fused-ring (bicyclic) bond motifs is 4. The average Bonchev–Trinajstić information content (AvgIpc) is 3.27. The SMILES string of the molecule is COc1cc2c(c(OC)c1OC)-c1c(cc3c(c1OC)OCO3)CC(C)C(C)C2/C=C(/C)O. The van der Waals surface area contributed by atoms with Gasteiger partial charge >= 0.3 is 0 Å². The molecule has 0 aromatic heterocycles. The number of benzene rings is 2. The van der Waals surface area contributed by atoms with Crippen LogP contribution < -0.4 is 28.4 Å². The Kier molecular flexibility index (Phi) is 6.23. The lowest BCUT2D eigenvalue weighted by molar-refractivity contribution is 0.171. The first-order valence-corrected chi connectivity index (χ1v) is 11.1. The molecule has 0 spiro atoms. The Balaban J connectivity index is 2.20. The molecule has 1 heterocycles. The summed E-state index contributed by atoms with van der Waals surface area (Å²) in [6.07, 6.45) is 2.69. The van der Waals surface area contributed by atoms with E-state index in [1.54, 1.807) is 35.4 Å². The van der Waals surface area contributed by atoms with E-state index in [1.165, 1.54) is 0 Å². The van der Waals surface area contributed by atoms with Crippen LogP contribution in [-0.2, 0) is 6.42 Å². The topological polar surface area (TPSA) is 75.6 Å². The van der Waals surface area contributed by atoms with Crippen LogP contribution in [0.2, 0.25) is 0 Å². The minimum absolute atomic E-state index is 0.100. The van der Waals surface area contributed by atoms with Gasteiger partial charge in [-0.25, -0.2) is 0 Å². The molecular formula is C26H32O7. The minimum atomic E-state index is -0.100. The van der Waals surface area contributed by atoms with Crippen LogP contribution in [0.25, 0.3) is 11.1 Å². The molecule has 0 radical (unpaired) electrons. The normalized spacial score (nSPS) is 21.4. The third-order valence-corrected chi connectivity index (χ3v) is 6.80. The van der Waals surface area contributed by atoms with E-state index in [1.807, 2.05) is 18.2 Å². The van der Waals surface area contributed by atoms with Crippen LogP contribution in [0.1, 0.15) is 37.8 Å². The molecule has 2 aliphatic rings. The Morgan fingerprint density at radius 3 is 2.24 bits per heavy atom. The molecule has 1 N–H and O–H groups in total. The van der Waals surface area contributed by atoms with Crippen LogP contribution in [0.15, 0.2) is 24.0 Å². The van der Waals surface area contributed by atoms with E-state index in [9.17, 15) is 5.11 Å². The molecule has 178 valence electrons. The molecule has 2 aromatic carbocycles. The maximum absolute atomic E-state index is 10.3. The fourth-order valence-corrected chi connectivity index (χ4v) is 5.06. The fourth-order valence-electron chi connectivity index (χ4n) is 5.06. The molecule has 2 aromatic rings. The van der Waals surface area contributed by atoms with Gasteiger partial charge in [0.1, 0.15) is 0 Å². The lowest BCUT2D eigenvalue weighted by Gasteiger charge is -2.34. The Hall–Kier alpha value is -3.22. The number of rotatable bonds is 5. The second kappa shape index (κ2) is 8.96. The first-order chi connectivity index (χ1) is 15.9. The van der Waals surface area contributed by atoms with Gasteiger partial charge in [0.25, 0.3) is 0 Å². The van der Waals surface area contributed by atoms with Crippen molar-refractivity contribution in [2.45, 2.75) is 33.1 Å². The van der Waals surface area contributed by atoms with E-state index in [0.717, 1.165) is 28.7 Å². The summed E-state index contributed by atoms with van der Waals surface area (Å²) < 4.78 is 34.8. The Morgan fingerprint density at radius 2 is 1.64 bits per heavy atom. The summed E-state index contributed by atoms with van der Waals surface area (Å²) in [4.78, 5) is 0. The number of methoxy groups -OCH3 is 4. The second-order valence-electron chi connectivity index (χ2n) is 8.66. The molecule has 0 fully saturated rings. The van der Waals surface area contributed by atoms with Gasteiger partial charge in [-0.15, -0.1) is 0 Å². The third kappa shape index (κ3) is 3.69. The lowest BCUT2D eigenvalue weighted by Crippen LogP contribution is -2.22. The summed E-state index contributed by atoms with van der Waals surface area (Å²) in [6, 6.07) is 4.01. The van der Waals surface area contributed by atoms with Gasteiger partial charge in [-0.3, -0.25) is 0 Å². The van der Waals surface area contributed by atoms with Crippen molar-refractivity contribution in [3.63, 3.8) is 0 Å². The third-order valence-electron chi connectivity index (χ3n) is 6.80. The number of aliphatic hydroxyl groups is 1. The van der Waals surface area contributed by atoms with E-state index in [-0.39, 0.29) is 24.4 Å². The zero-order valence-electron chi connectivity index (χ0n) is 20.3. The molecule has 0 saturated carbocycles. The molecule has 3 atom stereocenters. The van der Waals surface area contributed by atoms with Crippen LogP contribution in [0.5, 0.6) is 34.5 Å². The second-order valence-corrected chi connectivity index (χ2v) is 8.66. The molecule has 0 amide bonds. The van der Waals surface area contributed by atoms with Gasteiger partial charge in [-0.2, -0.15) is 0 Å². The Labute approximate surface area is 194 Å². The van der Waals surface area contributed by atoms with Gasteiger partial charge in [0, 0.05) is 17.0 Å². The summed E-state index contributed by atoms with van der Waals surface area (Å²) >= 11 is 0. The van der Waals surface area contributed by atoms with Crippen molar-refractivity contribution in [2.24, 2.45) is 11.8 Å². The predicted octanol–water partition coefficient (Wildman–Crippen LogP) is 5.49. The van der Waals surface area contributed by atoms with Crippen molar-refractivity contribution in [1.82, 2.24) is 0 Å². The smallest absolute Gasteiger partial charge is 0.231 e. The van der Waals surface area contributed by atoms with E-state index in [4.69, 9.17) is 28.4 Å².